The Morgan fingerprint density at radius 2 is 2.21 bits per heavy atom. The number of piperidine rings is 1. The zero-order valence-electron chi connectivity index (χ0n) is 12.1. The number of ether oxygens (including phenoxy) is 1. The largest absolute Gasteiger partial charge is 0.496 e. The summed E-state index contributed by atoms with van der Waals surface area (Å²) >= 11 is 0. The topological polar surface area (TPSA) is 21.3 Å². The minimum atomic E-state index is -0.194. The van der Waals surface area contributed by atoms with Crippen LogP contribution >= 0.6 is 0 Å². The van der Waals surface area contributed by atoms with Crippen molar-refractivity contribution in [2.24, 2.45) is 5.92 Å². The summed E-state index contributed by atoms with van der Waals surface area (Å²) < 4.78 is 19.1. The van der Waals surface area contributed by atoms with Gasteiger partial charge in [-0.05, 0) is 55.8 Å². The Hall–Kier alpha value is -1.09. The fourth-order valence-corrected chi connectivity index (χ4v) is 3.05. The lowest BCUT2D eigenvalue weighted by atomic mass is 9.87. The molecule has 0 aromatic heterocycles. The average molecular weight is 265 g/mol. The van der Waals surface area contributed by atoms with Crippen molar-refractivity contribution in [1.29, 1.82) is 0 Å². The lowest BCUT2D eigenvalue weighted by molar-refractivity contribution is 0.371. The maximum Gasteiger partial charge on any atom is 0.127 e. The molecule has 0 saturated carbocycles. The molecule has 2 rings (SSSR count). The fourth-order valence-electron chi connectivity index (χ4n) is 3.05. The van der Waals surface area contributed by atoms with Crippen molar-refractivity contribution in [1.82, 2.24) is 5.32 Å². The Bertz CT molecular complexity index is 425. The van der Waals surface area contributed by atoms with Crippen LogP contribution in [0.4, 0.5) is 4.39 Å². The normalized spacial score (nSPS) is 19.7. The van der Waals surface area contributed by atoms with Gasteiger partial charge < -0.3 is 10.1 Å². The Labute approximate surface area is 115 Å². The highest BCUT2D eigenvalue weighted by Gasteiger charge is 2.20. The standard InChI is InChI=1S/C16H24FNO/c1-11(2)16-13(7-12-5-4-6-18-10-12)8-14(17)9-15(16)19-3/h8-9,11-12,18H,4-7,10H2,1-3H3. The number of nitrogens with one attached hydrogen (secondary N) is 1. The van der Waals surface area contributed by atoms with E-state index in [2.05, 4.69) is 19.2 Å². The number of rotatable bonds is 4. The lowest BCUT2D eigenvalue weighted by Crippen LogP contribution is -2.31. The van der Waals surface area contributed by atoms with Crippen LogP contribution in [-0.4, -0.2) is 20.2 Å². The van der Waals surface area contributed by atoms with Crippen molar-refractivity contribution in [3.8, 4) is 5.75 Å². The van der Waals surface area contributed by atoms with Crippen LogP contribution in [0.2, 0.25) is 0 Å². The van der Waals surface area contributed by atoms with Crippen molar-refractivity contribution >= 4 is 0 Å². The molecular weight excluding hydrogens is 241 g/mol. The van der Waals surface area contributed by atoms with Crippen LogP contribution in [0.15, 0.2) is 12.1 Å². The number of hydrogen-bond donors (Lipinski definition) is 1. The zero-order chi connectivity index (χ0) is 13.8. The van der Waals surface area contributed by atoms with Crippen molar-refractivity contribution in [2.75, 3.05) is 20.2 Å². The highest BCUT2D eigenvalue weighted by Crippen LogP contribution is 2.33. The molecule has 1 heterocycles. The van der Waals surface area contributed by atoms with Crippen LogP contribution in [0.25, 0.3) is 0 Å². The monoisotopic (exact) mass is 265 g/mol. The van der Waals surface area contributed by atoms with Gasteiger partial charge in [-0.25, -0.2) is 4.39 Å². The predicted molar refractivity (Wildman–Crippen MR) is 76.3 cm³/mol. The van der Waals surface area contributed by atoms with Crippen LogP contribution in [0.3, 0.4) is 0 Å². The van der Waals surface area contributed by atoms with Gasteiger partial charge in [0.05, 0.1) is 7.11 Å². The van der Waals surface area contributed by atoms with Crippen LogP contribution in [-0.2, 0) is 6.42 Å². The van der Waals surface area contributed by atoms with Gasteiger partial charge in [-0.15, -0.1) is 0 Å². The smallest absolute Gasteiger partial charge is 0.127 e. The average Bonchev–Trinajstić information content (AvgIpc) is 2.38. The molecule has 0 aliphatic carbocycles. The first-order valence-corrected chi connectivity index (χ1v) is 7.18. The van der Waals surface area contributed by atoms with E-state index in [0.29, 0.717) is 17.6 Å². The molecule has 0 bridgehead atoms. The molecule has 19 heavy (non-hydrogen) atoms. The number of benzene rings is 1. The quantitative estimate of drug-likeness (QED) is 0.899. The first-order valence-electron chi connectivity index (χ1n) is 7.18. The van der Waals surface area contributed by atoms with Crippen molar-refractivity contribution in [3.05, 3.63) is 29.1 Å². The maximum atomic E-state index is 13.7. The second-order valence-electron chi connectivity index (χ2n) is 5.75. The fraction of sp³-hybridized carbons (Fsp3) is 0.625. The number of hydrogen-bond acceptors (Lipinski definition) is 2. The molecule has 2 nitrogen and oxygen atoms in total. The van der Waals surface area contributed by atoms with E-state index in [1.54, 1.807) is 13.2 Å². The van der Waals surface area contributed by atoms with Gasteiger partial charge in [-0.3, -0.25) is 0 Å². The lowest BCUT2D eigenvalue weighted by Gasteiger charge is -2.25. The van der Waals surface area contributed by atoms with Gasteiger partial charge in [0.1, 0.15) is 11.6 Å². The Morgan fingerprint density at radius 1 is 1.42 bits per heavy atom. The van der Waals surface area contributed by atoms with E-state index in [4.69, 9.17) is 4.74 Å². The van der Waals surface area contributed by atoms with Crippen molar-refractivity contribution in [3.63, 3.8) is 0 Å². The molecule has 1 aromatic carbocycles. The molecule has 1 aromatic rings. The van der Waals surface area contributed by atoms with Gasteiger partial charge in [0.15, 0.2) is 0 Å². The molecule has 106 valence electrons. The first kappa shape index (κ1) is 14.3. The molecule has 0 radical (unpaired) electrons. The number of halogens is 1. The second-order valence-corrected chi connectivity index (χ2v) is 5.75. The molecule has 1 atom stereocenters. The Morgan fingerprint density at radius 3 is 2.79 bits per heavy atom. The summed E-state index contributed by atoms with van der Waals surface area (Å²) in [6.45, 7) is 6.42. The third-order valence-electron chi connectivity index (χ3n) is 3.90. The predicted octanol–water partition coefficient (Wildman–Crippen LogP) is 3.50. The summed E-state index contributed by atoms with van der Waals surface area (Å²) in [7, 11) is 1.62. The van der Waals surface area contributed by atoms with E-state index in [0.717, 1.165) is 30.6 Å². The molecule has 3 heteroatoms. The summed E-state index contributed by atoms with van der Waals surface area (Å²) in [4.78, 5) is 0. The zero-order valence-corrected chi connectivity index (χ0v) is 12.1. The molecule has 0 amide bonds. The van der Waals surface area contributed by atoms with E-state index in [-0.39, 0.29) is 5.82 Å². The SMILES string of the molecule is COc1cc(F)cc(CC2CCCNC2)c1C(C)C. The summed E-state index contributed by atoms with van der Waals surface area (Å²) in [5.41, 5.74) is 2.27. The van der Waals surface area contributed by atoms with E-state index >= 15 is 0 Å². The molecule has 1 unspecified atom stereocenters. The Kier molecular flexibility index (Phi) is 4.81. The van der Waals surface area contributed by atoms with E-state index in [1.165, 1.54) is 18.9 Å². The molecule has 1 fully saturated rings. The maximum absolute atomic E-state index is 13.7. The molecular formula is C16H24FNO. The third kappa shape index (κ3) is 3.47. The summed E-state index contributed by atoms with van der Waals surface area (Å²) in [5.74, 6) is 1.45. The van der Waals surface area contributed by atoms with Crippen molar-refractivity contribution in [2.45, 2.75) is 39.0 Å². The van der Waals surface area contributed by atoms with E-state index < -0.39 is 0 Å². The summed E-state index contributed by atoms with van der Waals surface area (Å²) in [6, 6.07) is 3.18. The molecule has 1 aliphatic heterocycles. The van der Waals surface area contributed by atoms with Gasteiger partial charge >= 0.3 is 0 Å². The first-order chi connectivity index (χ1) is 9.11. The third-order valence-corrected chi connectivity index (χ3v) is 3.90. The van der Waals surface area contributed by atoms with Gasteiger partial charge in [0, 0.05) is 11.6 Å². The van der Waals surface area contributed by atoms with Crippen molar-refractivity contribution < 1.29 is 9.13 Å². The Balaban J connectivity index is 2.28. The van der Waals surface area contributed by atoms with Gasteiger partial charge in [-0.2, -0.15) is 0 Å². The second kappa shape index (κ2) is 6.38. The van der Waals surface area contributed by atoms with Gasteiger partial charge in [-0.1, -0.05) is 13.8 Å². The van der Waals surface area contributed by atoms with Crippen LogP contribution < -0.4 is 10.1 Å². The minimum absolute atomic E-state index is 0.194. The highest BCUT2D eigenvalue weighted by atomic mass is 19.1. The molecule has 1 N–H and O–H groups in total. The van der Waals surface area contributed by atoms with Crippen LogP contribution in [0.5, 0.6) is 5.75 Å². The molecule has 0 spiro atoms. The minimum Gasteiger partial charge on any atom is -0.496 e. The van der Waals surface area contributed by atoms with Crippen LogP contribution in [0.1, 0.15) is 43.7 Å². The highest BCUT2D eigenvalue weighted by molar-refractivity contribution is 5.43. The summed E-state index contributed by atoms with van der Waals surface area (Å²) in [6.07, 6.45) is 3.38. The van der Waals surface area contributed by atoms with Gasteiger partial charge in [0.2, 0.25) is 0 Å². The van der Waals surface area contributed by atoms with Gasteiger partial charge in [0.25, 0.3) is 0 Å². The van der Waals surface area contributed by atoms with Crippen LogP contribution in [0, 0.1) is 11.7 Å². The molecule has 1 aliphatic rings. The molecule has 1 saturated heterocycles. The van der Waals surface area contributed by atoms with E-state index in [1.807, 2.05) is 0 Å². The van der Waals surface area contributed by atoms with E-state index in [9.17, 15) is 4.39 Å². The number of methoxy groups -OCH3 is 1. The summed E-state index contributed by atoms with van der Waals surface area (Å²) in [5, 5.41) is 3.42.